The molecule has 1 heterocycles. The van der Waals surface area contributed by atoms with Gasteiger partial charge in [-0.3, -0.25) is 14.4 Å². The number of hydrogen-bond acceptors (Lipinski definition) is 5. The Morgan fingerprint density at radius 1 is 1.03 bits per heavy atom. The second-order valence-corrected chi connectivity index (χ2v) is 10.2. The first-order valence-electron chi connectivity index (χ1n) is 11.3. The van der Waals surface area contributed by atoms with Gasteiger partial charge in [-0.05, 0) is 68.7 Å². The number of benzene rings is 2. The van der Waals surface area contributed by atoms with Crippen LogP contribution in [0.5, 0.6) is 0 Å². The number of carboxylic acid groups (broad SMARTS) is 1. The molecule has 190 valence electrons. The Morgan fingerprint density at radius 2 is 1.61 bits per heavy atom. The van der Waals surface area contributed by atoms with Gasteiger partial charge >= 0.3 is 5.97 Å². The van der Waals surface area contributed by atoms with Crippen molar-refractivity contribution in [3.05, 3.63) is 76.8 Å². The van der Waals surface area contributed by atoms with E-state index in [2.05, 4.69) is 15.6 Å². The normalized spacial score (nSPS) is 13.0. The van der Waals surface area contributed by atoms with Crippen molar-refractivity contribution in [2.75, 3.05) is 0 Å². The lowest BCUT2D eigenvalue weighted by molar-refractivity contribution is -0.141. The van der Waals surface area contributed by atoms with Crippen molar-refractivity contribution in [3.63, 3.8) is 0 Å². The van der Waals surface area contributed by atoms with Crippen LogP contribution in [0.1, 0.15) is 42.4 Å². The summed E-state index contributed by atoms with van der Waals surface area (Å²) >= 11 is 1.07. The van der Waals surface area contributed by atoms with Crippen molar-refractivity contribution in [2.45, 2.75) is 45.2 Å². The van der Waals surface area contributed by atoms with E-state index >= 15 is 0 Å². The van der Waals surface area contributed by atoms with Gasteiger partial charge < -0.3 is 15.7 Å². The van der Waals surface area contributed by atoms with E-state index < -0.39 is 41.1 Å². The van der Waals surface area contributed by atoms with Crippen molar-refractivity contribution in [1.29, 1.82) is 0 Å². The summed E-state index contributed by atoms with van der Waals surface area (Å²) in [6, 6.07) is 10.5. The number of carbonyl (C=O) groups is 3. The standard InChI is InChI=1S/C26H27F2N3O4S/c1-15(25(34)35)12-20(22(32)31-26(2,3)13-16-4-8-18(27)9-5-16)30-23(33)21-14-29-24(36-21)17-6-10-19(28)11-7-17/h4-11,14-15,20H,12-13H2,1-3H3,(H,30,33)(H,31,32)(H,34,35). The van der Waals surface area contributed by atoms with Crippen LogP contribution in [-0.2, 0) is 16.0 Å². The monoisotopic (exact) mass is 515 g/mol. The largest absolute Gasteiger partial charge is 0.481 e. The molecular weight excluding hydrogens is 488 g/mol. The molecule has 3 rings (SSSR count). The third kappa shape index (κ3) is 7.42. The van der Waals surface area contributed by atoms with E-state index in [9.17, 15) is 28.3 Å². The molecule has 0 saturated heterocycles. The number of hydrogen-bond donors (Lipinski definition) is 3. The summed E-state index contributed by atoms with van der Waals surface area (Å²) in [5, 5.41) is 15.4. The van der Waals surface area contributed by atoms with E-state index in [4.69, 9.17) is 0 Å². The van der Waals surface area contributed by atoms with E-state index in [1.54, 1.807) is 38.1 Å². The first kappa shape index (κ1) is 26.9. The highest BCUT2D eigenvalue weighted by Gasteiger charge is 2.31. The third-order valence-corrected chi connectivity index (χ3v) is 6.52. The molecular formula is C26H27F2N3O4S. The predicted octanol–water partition coefficient (Wildman–Crippen LogP) is 4.44. The van der Waals surface area contributed by atoms with Gasteiger partial charge in [0.15, 0.2) is 0 Å². The molecule has 2 unspecified atom stereocenters. The minimum absolute atomic E-state index is 0.122. The number of amides is 2. The molecule has 36 heavy (non-hydrogen) atoms. The van der Waals surface area contributed by atoms with Gasteiger partial charge in [0, 0.05) is 11.1 Å². The zero-order valence-corrected chi connectivity index (χ0v) is 20.9. The zero-order chi connectivity index (χ0) is 26.5. The highest BCUT2D eigenvalue weighted by molar-refractivity contribution is 7.16. The molecule has 0 spiro atoms. The highest BCUT2D eigenvalue weighted by Crippen LogP contribution is 2.25. The highest BCUT2D eigenvalue weighted by atomic mass is 32.1. The van der Waals surface area contributed by atoms with Gasteiger partial charge in [-0.1, -0.05) is 19.1 Å². The SMILES string of the molecule is CC(CC(NC(=O)c1cnc(-c2ccc(F)cc2)s1)C(=O)NC(C)(C)Cc1ccc(F)cc1)C(=O)O. The fourth-order valence-corrected chi connectivity index (χ4v) is 4.42. The molecule has 0 aliphatic rings. The Hall–Kier alpha value is -3.66. The fraction of sp³-hybridized carbons (Fsp3) is 0.308. The molecule has 0 aliphatic carbocycles. The van der Waals surface area contributed by atoms with Crippen LogP contribution < -0.4 is 10.6 Å². The Bertz CT molecular complexity index is 1230. The molecule has 2 amide bonds. The maximum Gasteiger partial charge on any atom is 0.306 e. The van der Waals surface area contributed by atoms with E-state index in [1.165, 1.54) is 37.4 Å². The van der Waals surface area contributed by atoms with Gasteiger partial charge in [0.1, 0.15) is 27.6 Å². The number of carboxylic acids is 1. The van der Waals surface area contributed by atoms with Crippen LogP contribution in [0.15, 0.2) is 54.7 Å². The van der Waals surface area contributed by atoms with Crippen LogP contribution in [-0.4, -0.2) is 39.5 Å². The molecule has 3 aromatic rings. The lowest BCUT2D eigenvalue weighted by atomic mass is 9.93. The van der Waals surface area contributed by atoms with Crippen LogP contribution in [0.3, 0.4) is 0 Å². The summed E-state index contributed by atoms with van der Waals surface area (Å²) in [6.07, 6.45) is 1.62. The number of carbonyl (C=O) groups excluding carboxylic acids is 2. The number of halogens is 2. The van der Waals surface area contributed by atoms with Crippen LogP contribution in [0, 0.1) is 17.6 Å². The molecule has 0 radical (unpaired) electrons. The van der Waals surface area contributed by atoms with Crippen LogP contribution in [0.4, 0.5) is 8.78 Å². The van der Waals surface area contributed by atoms with Gasteiger partial charge in [0.25, 0.3) is 5.91 Å². The maximum absolute atomic E-state index is 13.2. The van der Waals surface area contributed by atoms with Crippen molar-refractivity contribution < 1.29 is 28.3 Å². The van der Waals surface area contributed by atoms with Gasteiger partial charge in [0.05, 0.1) is 12.1 Å². The number of aliphatic carboxylic acids is 1. The van der Waals surface area contributed by atoms with Crippen molar-refractivity contribution in [3.8, 4) is 10.6 Å². The van der Waals surface area contributed by atoms with Crippen molar-refractivity contribution in [2.24, 2.45) is 5.92 Å². The summed E-state index contributed by atoms with van der Waals surface area (Å²) in [7, 11) is 0. The first-order valence-corrected chi connectivity index (χ1v) is 12.1. The zero-order valence-electron chi connectivity index (χ0n) is 20.0. The number of nitrogens with one attached hydrogen (secondary N) is 2. The van der Waals surface area contributed by atoms with E-state index in [0.717, 1.165) is 16.9 Å². The Morgan fingerprint density at radius 3 is 2.19 bits per heavy atom. The maximum atomic E-state index is 13.2. The number of nitrogens with zero attached hydrogens (tertiary/aromatic N) is 1. The number of thiazole rings is 1. The van der Waals surface area contributed by atoms with Crippen molar-refractivity contribution in [1.82, 2.24) is 15.6 Å². The molecule has 3 N–H and O–H groups in total. The second kappa shape index (κ2) is 11.4. The molecule has 1 aromatic heterocycles. The summed E-state index contributed by atoms with van der Waals surface area (Å²) < 4.78 is 26.4. The van der Waals surface area contributed by atoms with Gasteiger partial charge in [-0.15, -0.1) is 11.3 Å². The Labute approximate surface area is 211 Å². The minimum Gasteiger partial charge on any atom is -0.481 e. The second-order valence-electron chi connectivity index (χ2n) is 9.21. The lowest BCUT2D eigenvalue weighted by Gasteiger charge is -2.30. The molecule has 0 fully saturated rings. The summed E-state index contributed by atoms with van der Waals surface area (Å²) in [5.41, 5.74) is 0.681. The van der Waals surface area contributed by atoms with Crippen LogP contribution in [0.25, 0.3) is 10.6 Å². The van der Waals surface area contributed by atoms with Crippen molar-refractivity contribution >= 4 is 29.1 Å². The summed E-state index contributed by atoms with van der Waals surface area (Å²) in [5.74, 6) is -3.85. The van der Waals surface area contributed by atoms with Crippen LogP contribution >= 0.6 is 11.3 Å². The van der Waals surface area contributed by atoms with Gasteiger partial charge in [-0.2, -0.15) is 0 Å². The van der Waals surface area contributed by atoms with E-state index in [-0.39, 0.29) is 17.1 Å². The molecule has 0 saturated carbocycles. The number of aromatic nitrogens is 1. The van der Waals surface area contributed by atoms with Gasteiger partial charge in [-0.25, -0.2) is 13.8 Å². The molecule has 2 atom stereocenters. The summed E-state index contributed by atoms with van der Waals surface area (Å²) in [4.78, 5) is 42.0. The molecule has 0 aliphatic heterocycles. The summed E-state index contributed by atoms with van der Waals surface area (Å²) in [6.45, 7) is 5.02. The van der Waals surface area contributed by atoms with Gasteiger partial charge in [0.2, 0.25) is 5.91 Å². The topological polar surface area (TPSA) is 108 Å². The fourth-order valence-electron chi connectivity index (χ4n) is 3.60. The molecule has 7 nitrogen and oxygen atoms in total. The quantitative estimate of drug-likeness (QED) is 0.370. The average molecular weight is 516 g/mol. The smallest absolute Gasteiger partial charge is 0.306 e. The molecule has 10 heteroatoms. The van der Waals surface area contributed by atoms with Crippen LogP contribution in [0.2, 0.25) is 0 Å². The Kier molecular flexibility index (Phi) is 8.52. The Balaban J connectivity index is 1.73. The lowest BCUT2D eigenvalue weighted by Crippen LogP contribution is -2.54. The average Bonchev–Trinajstić information content (AvgIpc) is 3.30. The predicted molar refractivity (Wildman–Crippen MR) is 133 cm³/mol. The minimum atomic E-state index is -1.12. The van der Waals surface area contributed by atoms with E-state index in [0.29, 0.717) is 17.0 Å². The molecule has 2 aromatic carbocycles. The third-order valence-electron chi connectivity index (χ3n) is 5.47. The number of rotatable bonds is 10. The van der Waals surface area contributed by atoms with E-state index in [1.807, 2.05) is 0 Å². The molecule has 0 bridgehead atoms. The first-order chi connectivity index (χ1) is 16.9.